The molecule has 158 valence electrons. The summed E-state index contributed by atoms with van der Waals surface area (Å²) in [5, 5.41) is 19.0. The molecule has 5 rings (SSSR count). The van der Waals surface area contributed by atoms with E-state index in [9.17, 15) is 9.90 Å². The highest BCUT2D eigenvalue weighted by molar-refractivity contribution is 6.31. The van der Waals surface area contributed by atoms with Gasteiger partial charge < -0.3 is 15.4 Å². The number of hydrogen-bond donors (Lipinski definition) is 4. The summed E-state index contributed by atoms with van der Waals surface area (Å²) in [6, 6.07) is 7.97. The molecule has 4 N–H and O–H groups in total. The van der Waals surface area contributed by atoms with Crippen molar-refractivity contribution in [1.82, 2.24) is 24.6 Å². The fourth-order valence-corrected chi connectivity index (χ4v) is 3.64. The summed E-state index contributed by atoms with van der Waals surface area (Å²) in [5.74, 6) is 0.392. The minimum absolute atomic E-state index is 0.240. The van der Waals surface area contributed by atoms with Gasteiger partial charge in [0.15, 0.2) is 11.1 Å². The summed E-state index contributed by atoms with van der Waals surface area (Å²) in [6.07, 6.45) is 5.36. The summed E-state index contributed by atoms with van der Waals surface area (Å²) in [6.45, 7) is 2.53. The van der Waals surface area contributed by atoms with Gasteiger partial charge in [-0.05, 0) is 43.0 Å². The zero-order valence-corrected chi connectivity index (χ0v) is 17.4. The number of aromatic hydroxyl groups is 1. The third-order valence-corrected chi connectivity index (χ3v) is 5.53. The van der Waals surface area contributed by atoms with E-state index in [0.29, 0.717) is 39.8 Å². The quantitative estimate of drug-likeness (QED) is 0.378. The number of fused-ring (bicyclic) bond motifs is 1. The summed E-state index contributed by atoms with van der Waals surface area (Å²) in [7, 11) is 0. The second kappa shape index (κ2) is 7.59. The summed E-state index contributed by atoms with van der Waals surface area (Å²) < 4.78 is 1.66. The topological polar surface area (TPSA) is 123 Å². The number of halogens is 1. The van der Waals surface area contributed by atoms with E-state index in [1.807, 2.05) is 31.2 Å². The second-order valence-corrected chi connectivity index (χ2v) is 7.98. The monoisotopic (exact) mass is 437 g/mol. The highest BCUT2D eigenvalue weighted by atomic mass is 35.5. The molecule has 1 saturated carbocycles. The average Bonchev–Trinajstić information content (AvgIpc) is 3.36. The van der Waals surface area contributed by atoms with Crippen molar-refractivity contribution in [3.8, 4) is 5.88 Å². The molecular formula is C21H20ClN7O2. The molecule has 0 aliphatic heterocycles. The first-order chi connectivity index (χ1) is 15.0. The molecule has 1 aromatic carbocycles. The van der Waals surface area contributed by atoms with E-state index in [1.54, 1.807) is 16.8 Å². The summed E-state index contributed by atoms with van der Waals surface area (Å²) >= 11 is 6.36. The molecule has 0 bridgehead atoms. The molecule has 0 radical (unpaired) electrons. The molecule has 31 heavy (non-hydrogen) atoms. The molecular weight excluding hydrogens is 418 g/mol. The minimum atomic E-state index is -0.491. The fraction of sp³-hybridized carbons (Fsp3) is 0.238. The molecule has 9 nitrogen and oxygen atoms in total. The van der Waals surface area contributed by atoms with Crippen LogP contribution in [0.2, 0.25) is 5.02 Å². The normalized spacial score (nSPS) is 15.2. The molecule has 1 aliphatic carbocycles. The van der Waals surface area contributed by atoms with Gasteiger partial charge in [0.05, 0.1) is 12.2 Å². The molecule has 3 heterocycles. The van der Waals surface area contributed by atoms with Crippen molar-refractivity contribution < 1.29 is 5.11 Å². The largest absolute Gasteiger partial charge is 0.493 e. The van der Waals surface area contributed by atoms with Crippen molar-refractivity contribution >= 4 is 29.1 Å². The molecule has 1 fully saturated rings. The number of nitrogens with zero attached hydrogens (tertiary/aromatic N) is 4. The number of nitrogens with one attached hydrogen (secondary N) is 3. The third kappa shape index (κ3) is 3.91. The Balaban J connectivity index is 1.60. The third-order valence-electron chi connectivity index (χ3n) is 5.18. The first-order valence-corrected chi connectivity index (χ1v) is 10.3. The lowest BCUT2D eigenvalue weighted by molar-refractivity contribution is 0.454. The molecule has 0 amide bonds. The first-order valence-electron chi connectivity index (χ1n) is 9.91. The standard InChI is InChI=1S/C21H20ClN7O2/c1-11-3-2-4-15(22)14(11)10-23-17-8-18(25-13-5-6-13)29-19(27-17)12(9-24-29)7-16-20(30)28-21(31)26-16/h2-4,7-9,13,23,30H,5-6,10H2,1H3,(H2,26,28,31)/b12-7+,25-18?. The molecule has 0 atom stereocenters. The molecule has 1 aliphatic rings. The van der Waals surface area contributed by atoms with Crippen LogP contribution in [-0.4, -0.2) is 35.7 Å². The Morgan fingerprint density at radius 3 is 2.94 bits per heavy atom. The maximum absolute atomic E-state index is 11.5. The Morgan fingerprint density at radius 2 is 2.23 bits per heavy atom. The van der Waals surface area contributed by atoms with E-state index in [2.05, 4.69) is 20.4 Å². The van der Waals surface area contributed by atoms with Crippen LogP contribution in [-0.2, 0) is 6.54 Å². The van der Waals surface area contributed by atoms with Gasteiger partial charge in [-0.3, -0.25) is 9.98 Å². The lowest BCUT2D eigenvalue weighted by Gasteiger charge is -2.10. The Hall–Kier alpha value is -3.59. The van der Waals surface area contributed by atoms with E-state index in [1.165, 1.54) is 0 Å². The maximum atomic E-state index is 11.5. The fourth-order valence-electron chi connectivity index (χ4n) is 3.36. The number of H-pyrrole nitrogens is 2. The summed E-state index contributed by atoms with van der Waals surface area (Å²) in [4.78, 5) is 25.8. The number of benzene rings is 1. The van der Waals surface area contributed by atoms with Gasteiger partial charge in [-0.15, -0.1) is 0 Å². The van der Waals surface area contributed by atoms with Crippen LogP contribution in [0.25, 0.3) is 11.7 Å². The first kappa shape index (κ1) is 19.4. The van der Waals surface area contributed by atoms with Crippen molar-refractivity contribution in [1.29, 1.82) is 0 Å². The zero-order valence-electron chi connectivity index (χ0n) is 16.7. The Bertz CT molecular complexity index is 1440. The van der Waals surface area contributed by atoms with Gasteiger partial charge >= 0.3 is 5.69 Å². The molecule has 0 saturated heterocycles. The zero-order chi connectivity index (χ0) is 21.5. The number of aromatic nitrogens is 5. The maximum Gasteiger partial charge on any atom is 0.326 e. The SMILES string of the molecule is Cc1cccc(Cl)c1CNc1cc(=NC2CC2)n2nc/c(=C\c3[nH]c(=O)[nH]c3O)c2n1. The van der Waals surface area contributed by atoms with Crippen molar-refractivity contribution in [2.75, 3.05) is 5.32 Å². The lowest BCUT2D eigenvalue weighted by atomic mass is 10.1. The smallest absolute Gasteiger partial charge is 0.326 e. The van der Waals surface area contributed by atoms with Gasteiger partial charge in [-0.2, -0.15) is 9.61 Å². The number of imidazole rings is 1. The predicted octanol–water partition coefficient (Wildman–Crippen LogP) is 1.64. The van der Waals surface area contributed by atoms with Crippen LogP contribution >= 0.6 is 11.6 Å². The van der Waals surface area contributed by atoms with E-state index < -0.39 is 5.69 Å². The number of aromatic amines is 2. The summed E-state index contributed by atoms with van der Waals surface area (Å²) in [5.41, 5.74) is 3.11. The van der Waals surface area contributed by atoms with Crippen molar-refractivity contribution in [3.63, 3.8) is 0 Å². The molecule has 0 spiro atoms. The highest BCUT2D eigenvalue weighted by Gasteiger charge is 2.20. The van der Waals surface area contributed by atoms with Crippen LogP contribution < -0.4 is 21.7 Å². The van der Waals surface area contributed by atoms with E-state index in [-0.39, 0.29) is 11.6 Å². The van der Waals surface area contributed by atoms with Crippen LogP contribution in [0.1, 0.15) is 29.7 Å². The predicted molar refractivity (Wildman–Crippen MR) is 117 cm³/mol. The Kier molecular flexibility index (Phi) is 4.74. The van der Waals surface area contributed by atoms with E-state index in [0.717, 1.165) is 24.0 Å². The van der Waals surface area contributed by atoms with Crippen LogP contribution in [0, 0.1) is 6.92 Å². The van der Waals surface area contributed by atoms with E-state index >= 15 is 0 Å². The van der Waals surface area contributed by atoms with Crippen LogP contribution in [0.3, 0.4) is 0 Å². The van der Waals surface area contributed by atoms with Crippen molar-refractivity contribution in [3.05, 3.63) is 73.5 Å². The van der Waals surface area contributed by atoms with Gasteiger partial charge in [0.25, 0.3) is 0 Å². The van der Waals surface area contributed by atoms with Crippen LogP contribution in [0.5, 0.6) is 5.88 Å². The minimum Gasteiger partial charge on any atom is -0.493 e. The highest BCUT2D eigenvalue weighted by Crippen LogP contribution is 2.23. The van der Waals surface area contributed by atoms with Gasteiger partial charge in [-0.1, -0.05) is 23.7 Å². The van der Waals surface area contributed by atoms with Gasteiger partial charge in [0.2, 0.25) is 5.88 Å². The average molecular weight is 438 g/mol. The molecule has 3 aromatic heterocycles. The van der Waals surface area contributed by atoms with Gasteiger partial charge in [0, 0.05) is 22.9 Å². The number of aryl methyl sites for hydroxylation is 1. The van der Waals surface area contributed by atoms with Crippen molar-refractivity contribution in [2.45, 2.75) is 32.4 Å². The molecule has 4 aromatic rings. The molecule has 10 heteroatoms. The number of hydrogen-bond acceptors (Lipinski definition) is 6. The van der Waals surface area contributed by atoms with Gasteiger partial charge in [0.1, 0.15) is 11.5 Å². The Morgan fingerprint density at radius 1 is 1.39 bits per heavy atom. The second-order valence-electron chi connectivity index (χ2n) is 7.57. The van der Waals surface area contributed by atoms with Gasteiger partial charge in [-0.25, -0.2) is 9.78 Å². The number of rotatable bonds is 5. The lowest BCUT2D eigenvalue weighted by Crippen LogP contribution is -2.20. The van der Waals surface area contributed by atoms with Crippen molar-refractivity contribution in [2.24, 2.45) is 4.99 Å². The van der Waals surface area contributed by atoms with E-state index in [4.69, 9.17) is 21.6 Å². The Labute approximate surface area is 181 Å². The van der Waals surface area contributed by atoms with Crippen LogP contribution in [0.4, 0.5) is 5.82 Å². The number of anilines is 1. The van der Waals surface area contributed by atoms with Crippen LogP contribution in [0.15, 0.2) is 40.2 Å². The molecule has 0 unspecified atom stereocenters.